The predicted octanol–water partition coefficient (Wildman–Crippen LogP) is 4.46. The lowest BCUT2D eigenvalue weighted by molar-refractivity contribution is 0.0954. The number of nitriles is 1. The molecule has 8 heteroatoms. The van der Waals surface area contributed by atoms with Crippen LogP contribution in [0, 0.1) is 11.3 Å². The summed E-state index contributed by atoms with van der Waals surface area (Å²) < 4.78 is 3.20. The van der Waals surface area contributed by atoms with E-state index in [-0.39, 0.29) is 5.91 Å². The van der Waals surface area contributed by atoms with Gasteiger partial charge in [0.15, 0.2) is 0 Å². The molecule has 0 saturated carbocycles. The fourth-order valence-corrected chi connectivity index (χ4v) is 5.36. The normalized spacial score (nSPS) is 13.7. The third-order valence-corrected chi connectivity index (χ3v) is 7.48. The van der Waals surface area contributed by atoms with Gasteiger partial charge in [-0.05, 0) is 73.3 Å². The number of carbonyl (C=O) groups is 1. The number of carbonyl (C=O) groups excluding carboxylic acids is 1. The summed E-state index contributed by atoms with van der Waals surface area (Å²) in [4.78, 5) is 20.1. The molecule has 0 atom stereocenters. The van der Waals surface area contributed by atoms with Crippen LogP contribution in [0.25, 0.3) is 10.1 Å². The standard InChI is InChI=1S/C27H28N6OS/c28-15-20-3-5-21(6-4-20)18-33-19-29-16-24(33)17-31-23-7-8-25-22(13-23)14-26(35-25)27(34)30-9-12-32-10-1-2-11-32/h3-8,13-14,16,19,31H,1-2,9-12,17-18H2,(H,30,34). The second kappa shape index (κ2) is 10.7. The van der Waals surface area contributed by atoms with Crippen molar-refractivity contribution in [2.24, 2.45) is 0 Å². The maximum absolute atomic E-state index is 12.6. The zero-order valence-electron chi connectivity index (χ0n) is 19.5. The molecular formula is C27H28N6OS. The van der Waals surface area contributed by atoms with Gasteiger partial charge >= 0.3 is 0 Å². The third kappa shape index (κ3) is 5.70. The van der Waals surface area contributed by atoms with Crippen molar-refractivity contribution >= 4 is 33.0 Å². The van der Waals surface area contributed by atoms with Crippen molar-refractivity contribution in [3.05, 3.63) is 82.8 Å². The number of rotatable bonds is 9. The van der Waals surface area contributed by atoms with E-state index in [9.17, 15) is 4.79 Å². The Labute approximate surface area is 209 Å². The summed E-state index contributed by atoms with van der Waals surface area (Å²) in [6.07, 6.45) is 6.22. The van der Waals surface area contributed by atoms with E-state index < -0.39 is 0 Å². The number of amides is 1. The maximum Gasteiger partial charge on any atom is 0.261 e. The highest BCUT2D eigenvalue weighted by molar-refractivity contribution is 7.20. The molecule has 4 aromatic rings. The molecular weight excluding hydrogens is 456 g/mol. The first kappa shape index (κ1) is 23.1. The Morgan fingerprint density at radius 3 is 2.74 bits per heavy atom. The van der Waals surface area contributed by atoms with Crippen molar-refractivity contribution in [1.82, 2.24) is 19.8 Å². The highest BCUT2D eigenvalue weighted by Gasteiger charge is 2.14. The molecule has 0 spiro atoms. The van der Waals surface area contributed by atoms with Gasteiger partial charge in [0, 0.05) is 36.2 Å². The summed E-state index contributed by atoms with van der Waals surface area (Å²) in [5.41, 5.74) is 3.85. The number of hydrogen-bond acceptors (Lipinski definition) is 6. The lowest BCUT2D eigenvalue weighted by Crippen LogP contribution is -2.33. The van der Waals surface area contributed by atoms with Gasteiger partial charge in [0.25, 0.3) is 5.91 Å². The Bertz CT molecular complexity index is 1340. The largest absolute Gasteiger partial charge is 0.379 e. The average Bonchev–Trinajstić information content (AvgIpc) is 3.64. The molecule has 1 fully saturated rings. The second-order valence-corrected chi connectivity index (χ2v) is 9.93. The van der Waals surface area contributed by atoms with Gasteiger partial charge in [-0.1, -0.05) is 12.1 Å². The Balaban J connectivity index is 1.18. The molecule has 2 aromatic heterocycles. The minimum Gasteiger partial charge on any atom is -0.379 e. The Morgan fingerprint density at radius 1 is 1.11 bits per heavy atom. The van der Waals surface area contributed by atoms with Gasteiger partial charge in [0.1, 0.15) is 0 Å². The molecule has 7 nitrogen and oxygen atoms in total. The van der Waals surface area contributed by atoms with Crippen LogP contribution in [0.4, 0.5) is 5.69 Å². The zero-order valence-corrected chi connectivity index (χ0v) is 20.4. The molecule has 1 saturated heterocycles. The molecule has 0 unspecified atom stereocenters. The topological polar surface area (TPSA) is 86.0 Å². The van der Waals surface area contributed by atoms with Crippen LogP contribution in [0.3, 0.4) is 0 Å². The lowest BCUT2D eigenvalue weighted by Gasteiger charge is -2.14. The summed E-state index contributed by atoms with van der Waals surface area (Å²) in [5, 5.41) is 16.6. The number of likely N-dealkylation sites (tertiary alicyclic amines) is 1. The highest BCUT2D eigenvalue weighted by atomic mass is 32.1. The van der Waals surface area contributed by atoms with Crippen LogP contribution >= 0.6 is 11.3 Å². The van der Waals surface area contributed by atoms with Crippen molar-refractivity contribution in [2.75, 3.05) is 31.5 Å². The molecule has 2 aromatic carbocycles. The molecule has 1 aliphatic heterocycles. The van der Waals surface area contributed by atoms with Crippen LogP contribution < -0.4 is 10.6 Å². The van der Waals surface area contributed by atoms with Gasteiger partial charge < -0.3 is 20.1 Å². The van der Waals surface area contributed by atoms with E-state index in [1.54, 1.807) is 0 Å². The van der Waals surface area contributed by atoms with Crippen molar-refractivity contribution in [3.8, 4) is 6.07 Å². The molecule has 5 rings (SSSR count). The predicted molar refractivity (Wildman–Crippen MR) is 140 cm³/mol. The van der Waals surface area contributed by atoms with E-state index in [2.05, 4.69) is 49.4 Å². The van der Waals surface area contributed by atoms with Crippen LogP contribution in [0.15, 0.2) is 61.1 Å². The van der Waals surface area contributed by atoms with Gasteiger partial charge in [0.2, 0.25) is 0 Å². The van der Waals surface area contributed by atoms with Crippen molar-refractivity contribution in [1.29, 1.82) is 5.26 Å². The first-order chi connectivity index (χ1) is 17.2. The number of nitrogens with one attached hydrogen (secondary N) is 2. The van der Waals surface area contributed by atoms with E-state index in [1.165, 1.54) is 24.2 Å². The molecule has 0 bridgehead atoms. The van der Waals surface area contributed by atoms with Gasteiger partial charge in [-0.25, -0.2) is 4.98 Å². The van der Waals surface area contributed by atoms with Crippen LogP contribution in [0.5, 0.6) is 0 Å². The van der Waals surface area contributed by atoms with Gasteiger partial charge in [-0.15, -0.1) is 11.3 Å². The molecule has 178 valence electrons. The number of fused-ring (bicyclic) bond motifs is 1. The highest BCUT2D eigenvalue weighted by Crippen LogP contribution is 2.28. The maximum atomic E-state index is 12.6. The molecule has 35 heavy (non-hydrogen) atoms. The fraction of sp³-hybridized carbons (Fsp3) is 0.296. The SMILES string of the molecule is N#Cc1ccc(Cn2cncc2CNc2ccc3sc(C(=O)NCCN4CCCC4)cc3c2)cc1. The fourth-order valence-electron chi connectivity index (χ4n) is 4.40. The summed E-state index contributed by atoms with van der Waals surface area (Å²) in [5.74, 6) is 0.00612. The van der Waals surface area contributed by atoms with E-state index in [4.69, 9.17) is 5.26 Å². The molecule has 1 aliphatic rings. The zero-order chi connectivity index (χ0) is 24.0. The van der Waals surface area contributed by atoms with Crippen molar-refractivity contribution < 1.29 is 4.79 Å². The lowest BCUT2D eigenvalue weighted by atomic mass is 10.1. The number of benzene rings is 2. The molecule has 0 radical (unpaired) electrons. The summed E-state index contributed by atoms with van der Waals surface area (Å²) in [6.45, 7) is 5.23. The Morgan fingerprint density at radius 2 is 1.94 bits per heavy atom. The molecule has 3 heterocycles. The number of anilines is 1. The van der Waals surface area contributed by atoms with E-state index in [1.807, 2.05) is 42.9 Å². The van der Waals surface area contributed by atoms with Crippen molar-refractivity contribution in [2.45, 2.75) is 25.9 Å². The van der Waals surface area contributed by atoms with E-state index in [0.717, 1.165) is 51.5 Å². The van der Waals surface area contributed by atoms with Gasteiger partial charge in [-0.3, -0.25) is 4.79 Å². The van der Waals surface area contributed by atoms with Crippen LogP contribution in [-0.2, 0) is 13.1 Å². The molecule has 2 N–H and O–H groups in total. The van der Waals surface area contributed by atoms with Gasteiger partial charge in [0.05, 0.1) is 35.1 Å². The quantitative estimate of drug-likeness (QED) is 0.366. The summed E-state index contributed by atoms with van der Waals surface area (Å²) in [6, 6.07) is 18.0. The number of hydrogen-bond donors (Lipinski definition) is 2. The first-order valence-electron chi connectivity index (χ1n) is 11.9. The van der Waals surface area contributed by atoms with E-state index in [0.29, 0.717) is 25.2 Å². The Kier molecular flexibility index (Phi) is 7.07. The summed E-state index contributed by atoms with van der Waals surface area (Å²) in [7, 11) is 0. The van der Waals surface area contributed by atoms with Crippen molar-refractivity contribution in [3.63, 3.8) is 0 Å². The number of imidazole rings is 1. The number of aromatic nitrogens is 2. The minimum atomic E-state index is 0.00612. The monoisotopic (exact) mass is 484 g/mol. The third-order valence-electron chi connectivity index (χ3n) is 6.36. The first-order valence-corrected chi connectivity index (χ1v) is 12.8. The van der Waals surface area contributed by atoms with Crippen LogP contribution in [0.2, 0.25) is 0 Å². The molecule has 0 aliphatic carbocycles. The molecule has 1 amide bonds. The number of thiophene rings is 1. The minimum absolute atomic E-state index is 0.00612. The second-order valence-electron chi connectivity index (χ2n) is 8.84. The smallest absolute Gasteiger partial charge is 0.261 e. The van der Waals surface area contributed by atoms with Crippen LogP contribution in [0.1, 0.15) is 39.3 Å². The Hall–Kier alpha value is -3.67. The summed E-state index contributed by atoms with van der Waals surface area (Å²) >= 11 is 1.53. The average molecular weight is 485 g/mol. The van der Waals surface area contributed by atoms with E-state index >= 15 is 0 Å². The van der Waals surface area contributed by atoms with Crippen LogP contribution in [-0.4, -0.2) is 46.5 Å². The van der Waals surface area contributed by atoms with Gasteiger partial charge in [-0.2, -0.15) is 5.26 Å². The number of nitrogens with zero attached hydrogens (tertiary/aromatic N) is 4.